The lowest BCUT2D eigenvalue weighted by Gasteiger charge is -2.48. The Kier molecular flexibility index (Phi) is 5.83. The average Bonchev–Trinajstić information content (AvgIpc) is 2.74. The van der Waals surface area contributed by atoms with Gasteiger partial charge in [-0.1, -0.05) is 42.5 Å². The van der Waals surface area contributed by atoms with Gasteiger partial charge in [-0.15, -0.1) is 0 Å². The van der Waals surface area contributed by atoms with Gasteiger partial charge < -0.3 is 4.74 Å². The maximum atomic E-state index is 5.29. The van der Waals surface area contributed by atoms with Crippen molar-refractivity contribution in [3.8, 4) is 5.75 Å². The number of benzene rings is 2. The largest absolute Gasteiger partial charge is 0.497 e. The molecule has 144 valence electrons. The van der Waals surface area contributed by atoms with E-state index in [1.54, 1.807) is 7.11 Å². The van der Waals surface area contributed by atoms with Gasteiger partial charge in [0, 0.05) is 12.1 Å². The van der Waals surface area contributed by atoms with E-state index in [1.165, 1.54) is 56.2 Å². The van der Waals surface area contributed by atoms with Gasteiger partial charge in [0.25, 0.3) is 0 Å². The van der Waals surface area contributed by atoms with Crippen molar-refractivity contribution in [2.75, 3.05) is 13.7 Å². The Bertz CT molecular complexity index is 711. The SMILES string of the molecule is COc1ccc(CC2CCC3C(CCCN3C(C)c3ccccc3)C2)cc1. The van der Waals surface area contributed by atoms with Crippen LogP contribution in [0.15, 0.2) is 54.6 Å². The number of fused-ring (bicyclic) bond motifs is 1. The lowest BCUT2D eigenvalue weighted by Crippen LogP contribution is -2.49. The lowest BCUT2D eigenvalue weighted by atomic mass is 9.71. The number of hydrogen-bond acceptors (Lipinski definition) is 2. The summed E-state index contributed by atoms with van der Waals surface area (Å²) in [5, 5.41) is 0. The van der Waals surface area contributed by atoms with Crippen LogP contribution in [0.1, 0.15) is 56.2 Å². The average molecular weight is 364 g/mol. The molecule has 27 heavy (non-hydrogen) atoms. The summed E-state index contributed by atoms with van der Waals surface area (Å²) in [6, 6.07) is 21.1. The first-order chi connectivity index (χ1) is 13.2. The van der Waals surface area contributed by atoms with Crippen molar-refractivity contribution in [2.45, 2.75) is 57.5 Å². The number of likely N-dealkylation sites (tertiary alicyclic amines) is 1. The zero-order valence-corrected chi connectivity index (χ0v) is 16.8. The molecule has 0 aromatic heterocycles. The first-order valence-corrected chi connectivity index (χ1v) is 10.7. The normalized spacial score (nSPS) is 27.0. The lowest BCUT2D eigenvalue weighted by molar-refractivity contribution is 0.0155. The highest BCUT2D eigenvalue weighted by Gasteiger charge is 2.38. The molecule has 2 aliphatic rings. The molecule has 2 nitrogen and oxygen atoms in total. The van der Waals surface area contributed by atoms with Crippen LogP contribution in [0, 0.1) is 11.8 Å². The molecule has 0 spiro atoms. The third kappa shape index (κ3) is 4.21. The van der Waals surface area contributed by atoms with Crippen LogP contribution < -0.4 is 4.74 Å². The van der Waals surface area contributed by atoms with Crippen LogP contribution in [-0.4, -0.2) is 24.6 Å². The number of piperidine rings is 1. The highest BCUT2D eigenvalue weighted by molar-refractivity contribution is 5.27. The van der Waals surface area contributed by atoms with Crippen LogP contribution in [0.2, 0.25) is 0 Å². The molecular weight excluding hydrogens is 330 g/mol. The molecule has 2 heteroatoms. The molecule has 2 aromatic rings. The molecule has 1 aliphatic heterocycles. The third-order valence-electron chi connectivity index (χ3n) is 6.93. The van der Waals surface area contributed by atoms with E-state index in [0.29, 0.717) is 6.04 Å². The van der Waals surface area contributed by atoms with E-state index in [4.69, 9.17) is 4.74 Å². The van der Waals surface area contributed by atoms with Gasteiger partial charge >= 0.3 is 0 Å². The van der Waals surface area contributed by atoms with E-state index in [1.807, 2.05) is 0 Å². The van der Waals surface area contributed by atoms with E-state index in [0.717, 1.165) is 23.6 Å². The molecule has 1 heterocycles. The molecule has 0 bridgehead atoms. The van der Waals surface area contributed by atoms with Crippen LogP contribution in [0.5, 0.6) is 5.75 Å². The molecule has 1 saturated heterocycles. The van der Waals surface area contributed by atoms with Crippen molar-refractivity contribution in [1.82, 2.24) is 4.90 Å². The summed E-state index contributed by atoms with van der Waals surface area (Å²) in [7, 11) is 1.74. The Labute approximate surface area is 164 Å². The zero-order valence-electron chi connectivity index (χ0n) is 16.8. The monoisotopic (exact) mass is 363 g/mol. The highest BCUT2D eigenvalue weighted by Crippen LogP contribution is 2.42. The summed E-state index contributed by atoms with van der Waals surface area (Å²) in [6.45, 7) is 3.67. The minimum absolute atomic E-state index is 0.539. The van der Waals surface area contributed by atoms with Crippen LogP contribution >= 0.6 is 0 Å². The van der Waals surface area contributed by atoms with Crippen molar-refractivity contribution in [3.63, 3.8) is 0 Å². The second kappa shape index (κ2) is 8.48. The minimum Gasteiger partial charge on any atom is -0.497 e. The van der Waals surface area contributed by atoms with Crippen molar-refractivity contribution < 1.29 is 4.74 Å². The van der Waals surface area contributed by atoms with E-state index in [-0.39, 0.29) is 0 Å². The Morgan fingerprint density at radius 1 is 1.00 bits per heavy atom. The van der Waals surface area contributed by atoms with Crippen molar-refractivity contribution >= 4 is 0 Å². The molecule has 1 saturated carbocycles. The predicted octanol–water partition coefficient (Wildman–Crippen LogP) is 5.88. The van der Waals surface area contributed by atoms with Gasteiger partial charge in [-0.25, -0.2) is 0 Å². The number of hydrogen-bond donors (Lipinski definition) is 0. The Hall–Kier alpha value is -1.80. The van der Waals surface area contributed by atoms with E-state index < -0.39 is 0 Å². The third-order valence-corrected chi connectivity index (χ3v) is 6.93. The van der Waals surface area contributed by atoms with Crippen LogP contribution in [0.4, 0.5) is 0 Å². The second-order valence-electron chi connectivity index (χ2n) is 8.53. The van der Waals surface area contributed by atoms with E-state index in [2.05, 4.69) is 66.4 Å². The first-order valence-electron chi connectivity index (χ1n) is 10.7. The van der Waals surface area contributed by atoms with Crippen LogP contribution in [0.25, 0.3) is 0 Å². The Morgan fingerprint density at radius 2 is 1.78 bits per heavy atom. The molecule has 0 radical (unpaired) electrons. The summed E-state index contributed by atoms with van der Waals surface area (Å²) >= 11 is 0. The fraction of sp³-hybridized carbons (Fsp3) is 0.520. The van der Waals surface area contributed by atoms with Crippen molar-refractivity contribution in [3.05, 3.63) is 65.7 Å². The van der Waals surface area contributed by atoms with Crippen molar-refractivity contribution in [1.29, 1.82) is 0 Å². The molecule has 2 fully saturated rings. The van der Waals surface area contributed by atoms with Gasteiger partial charge in [0.1, 0.15) is 5.75 Å². The summed E-state index contributed by atoms with van der Waals surface area (Å²) < 4.78 is 5.29. The Morgan fingerprint density at radius 3 is 2.52 bits per heavy atom. The molecule has 0 N–H and O–H groups in total. The number of ether oxygens (including phenoxy) is 1. The topological polar surface area (TPSA) is 12.5 Å². The van der Waals surface area contributed by atoms with Gasteiger partial charge in [0.15, 0.2) is 0 Å². The summed E-state index contributed by atoms with van der Waals surface area (Å²) in [5.41, 5.74) is 2.93. The first kappa shape index (κ1) is 18.6. The quantitative estimate of drug-likeness (QED) is 0.658. The van der Waals surface area contributed by atoms with Gasteiger partial charge in [-0.3, -0.25) is 4.90 Å². The molecule has 4 unspecified atom stereocenters. The minimum atomic E-state index is 0.539. The van der Waals surface area contributed by atoms with Gasteiger partial charge in [0.05, 0.1) is 7.11 Å². The maximum absolute atomic E-state index is 5.29. The molecular formula is C25H33NO. The summed E-state index contributed by atoms with van der Waals surface area (Å²) in [6.07, 6.45) is 8.12. The van der Waals surface area contributed by atoms with E-state index in [9.17, 15) is 0 Å². The molecule has 2 aromatic carbocycles. The predicted molar refractivity (Wildman–Crippen MR) is 112 cm³/mol. The molecule has 1 aliphatic carbocycles. The number of nitrogens with zero attached hydrogens (tertiary/aromatic N) is 1. The van der Waals surface area contributed by atoms with Crippen LogP contribution in [0.3, 0.4) is 0 Å². The van der Waals surface area contributed by atoms with Gasteiger partial charge in [-0.05, 0) is 87.1 Å². The zero-order chi connectivity index (χ0) is 18.6. The van der Waals surface area contributed by atoms with Gasteiger partial charge in [0.2, 0.25) is 0 Å². The molecule has 0 amide bonds. The second-order valence-corrected chi connectivity index (χ2v) is 8.53. The Balaban J connectivity index is 1.39. The molecule has 4 atom stereocenters. The smallest absolute Gasteiger partial charge is 0.118 e. The standard InChI is InChI=1S/C25H33NO/c1-19(22-7-4-3-5-8-22)26-16-6-9-23-18-21(12-15-25(23)26)17-20-10-13-24(27-2)14-11-20/h3-5,7-8,10-11,13-14,19,21,23,25H,6,9,12,15-18H2,1-2H3. The maximum Gasteiger partial charge on any atom is 0.118 e. The van der Waals surface area contributed by atoms with Crippen molar-refractivity contribution in [2.24, 2.45) is 11.8 Å². The number of methoxy groups -OCH3 is 1. The summed E-state index contributed by atoms with van der Waals surface area (Å²) in [5.74, 6) is 2.67. The fourth-order valence-electron chi connectivity index (χ4n) is 5.48. The fourth-order valence-corrected chi connectivity index (χ4v) is 5.48. The van der Waals surface area contributed by atoms with Crippen LogP contribution in [-0.2, 0) is 6.42 Å². The summed E-state index contributed by atoms with van der Waals surface area (Å²) in [4.78, 5) is 2.81. The number of rotatable bonds is 5. The highest BCUT2D eigenvalue weighted by atomic mass is 16.5. The van der Waals surface area contributed by atoms with Gasteiger partial charge in [-0.2, -0.15) is 0 Å². The molecule has 4 rings (SSSR count). The van der Waals surface area contributed by atoms with E-state index >= 15 is 0 Å².